The van der Waals surface area contributed by atoms with Gasteiger partial charge in [-0.05, 0) is 42.9 Å². The average Bonchev–Trinajstić information content (AvgIpc) is 3.17. The van der Waals surface area contributed by atoms with E-state index < -0.39 is 0 Å². The van der Waals surface area contributed by atoms with Crippen molar-refractivity contribution in [2.75, 3.05) is 14.2 Å². The van der Waals surface area contributed by atoms with Crippen molar-refractivity contribution in [3.63, 3.8) is 0 Å². The van der Waals surface area contributed by atoms with Crippen LogP contribution in [0.15, 0.2) is 47.3 Å². The Hall–Kier alpha value is -3.59. The number of carbonyl (C=O) groups excluding carboxylic acids is 1. The fourth-order valence-electron chi connectivity index (χ4n) is 3.72. The quantitative estimate of drug-likeness (QED) is 0.354. The summed E-state index contributed by atoms with van der Waals surface area (Å²) >= 11 is 5.43. The fraction of sp³-hybridized carbons (Fsp3) is 0.261. The lowest BCUT2D eigenvalue weighted by Gasteiger charge is -2.10. The molecule has 8 nitrogen and oxygen atoms in total. The van der Waals surface area contributed by atoms with Gasteiger partial charge in [0.15, 0.2) is 4.77 Å². The van der Waals surface area contributed by atoms with E-state index in [9.17, 15) is 9.59 Å². The second-order valence-electron chi connectivity index (χ2n) is 7.37. The van der Waals surface area contributed by atoms with Gasteiger partial charge in [0.1, 0.15) is 17.0 Å². The van der Waals surface area contributed by atoms with E-state index in [4.69, 9.17) is 21.7 Å². The molecule has 32 heavy (non-hydrogen) atoms. The number of nitrogens with one attached hydrogen (secondary N) is 3. The summed E-state index contributed by atoms with van der Waals surface area (Å²) in [6.45, 7) is 0.720. The number of nitrogens with zero attached hydrogens (tertiary/aromatic N) is 1. The van der Waals surface area contributed by atoms with Crippen molar-refractivity contribution in [3.05, 3.63) is 63.2 Å². The summed E-state index contributed by atoms with van der Waals surface area (Å²) in [5, 5.41) is 3.73. The monoisotopic (exact) mass is 452 g/mol. The van der Waals surface area contributed by atoms with Crippen LogP contribution >= 0.6 is 12.2 Å². The molecule has 0 unspecified atom stereocenters. The maximum absolute atomic E-state index is 13.0. The topological polar surface area (TPSA) is 101 Å². The molecule has 0 spiro atoms. The number of amides is 1. The molecule has 0 aliphatic heterocycles. The average molecular weight is 453 g/mol. The lowest BCUT2D eigenvalue weighted by Crippen LogP contribution is -2.25. The fourth-order valence-corrected chi connectivity index (χ4v) is 4.00. The highest BCUT2D eigenvalue weighted by molar-refractivity contribution is 7.71. The highest BCUT2D eigenvalue weighted by Gasteiger charge is 2.13. The number of rotatable bonds is 8. The molecule has 0 aliphatic rings. The van der Waals surface area contributed by atoms with Crippen LogP contribution in [0.3, 0.4) is 0 Å². The Morgan fingerprint density at radius 1 is 1.09 bits per heavy atom. The summed E-state index contributed by atoms with van der Waals surface area (Å²) in [4.78, 5) is 31.6. The van der Waals surface area contributed by atoms with Crippen LogP contribution in [0.2, 0.25) is 0 Å². The Bertz CT molecular complexity index is 1400. The number of benzene rings is 2. The SMILES string of the molecule is COc1ccc2[nH]c3c(=O)n(CCCC(=O)NCc4ccccc4OC)c(=S)[nH]c3c2c1. The number of para-hydroxylation sites is 1. The number of aromatic amines is 2. The molecule has 3 N–H and O–H groups in total. The van der Waals surface area contributed by atoms with Crippen molar-refractivity contribution in [1.82, 2.24) is 19.9 Å². The van der Waals surface area contributed by atoms with Gasteiger partial charge in [-0.25, -0.2) is 0 Å². The molecule has 0 bridgehead atoms. The Labute approximate surface area is 189 Å². The largest absolute Gasteiger partial charge is 0.497 e. The molecule has 2 aromatic heterocycles. The van der Waals surface area contributed by atoms with Crippen molar-refractivity contribution >= 4 is 40.1 Å². The van der Waals surface area contributed by atoms with Gasteiger partial charge in [-0.15, -0.1) is 0 Å². The van der Waals surface area contributed by atoms with Gasteiger partial charge in [0.05, 0.1) is 19.7 Å². The van der Waals surface area contributed by atoms with E-state index >= 15 is 0 Å². The van der Waals surface area contributed by atoms with Gasteiger partial charge >= 0.3 is 0 Å². The van der Waals surface area contributed by atoms with Gasteiger partial charge in [0, 0.05) is 36.0 Å². The highest BCUT2D eigenvalue weighted by Crippen LogP contribution is 2.26. The number of aromatic nitrogens is 3. The summed E-state index contributed by atoms with van der Waals surface area (Å²) in [6.07, 6.45) is 0.757. The predicted octanol–water partition coefficient (Wildman–Crippen LogP) is 3.65. The van der Waals surface area contributed by atoms with E-state index in [2.05, 4.69) is 15.3 Å². The normalized spacial score (nSPS) is 11.1. The van der Waals surface area contributed by atoms with Crippen LogP contribution in [-0.4, -0.2) is 34.7 Å². The third kappa shape index (κ3) is 4.24. The molecule has 1 amide bonds. The van der Waals surface area contributed by atoms with Gasteiger partial charge in [-0.1, -0.05) is 18.2 Å². The number of H-pyrrole nitrogens is 2. The minimum absolute atomic E-state index is 0.0994. The van der Waals surface area contributed by atoms with Gasteiger partial charge in [-0.2, -0.15) is 0 Å². The van der Waals surface area contributed by atoms with Crippen molar-refractivity contribution in [3.8, 4) is 11.5 Å². The van der Waals surface area contributed by atoms with E-state index in [0.29, 0.717) is 41.1 Å². The zero-order valence-corrected chi connectivity index (χ0v) is 18.7. The van der Waals surface area contributed by atoms with Gasteiger partial charge < -0.3 is 24.8 Å². The molecule has 0 fully saturated rings. The minimum atomic E-state index is -0.214. The third-order valence-electron chi connectivity index (χ3n) is 5.40. The number of hydrogen-bond donors (Lipinski definition) is 3. The van der Waals surface area contributed by atoms with Crippen molar-refractivity contribution in [1.29, 1.82) is 0 Å². The Kier molecular flexibility index (Phi) is 6.27. The Balaban J connectivity index is 1.45. The van der Waals surface area contributed by atoms with Crippen LogP contribution < -0.4 is 20.3 Å². The Morgan fingerprint density at radius 2 is 1.91 bits per heavy atom. The number of carbonyl (C=O) groups is 1. The molecule has 0 atom stereocenters. The van der Waals surface area contributed by atoms with E-state index in [1.165, 1.54) is 4.57 Å². The second kappa shape index (κ2) is 9.27. The van der Waals surface area contributed by atoms with E-state index in [-0.39, 0.29) is 17.9 Å². The first-order valence-corrected chi connectivity index (χ1v) is 10.6. The smallest absolute Gasteiger partial charge is 0.278 e. The van der Waals surface area contributed by atoms with Gasteiger partial charge in [-0.3, -0.25) is 14.2 Å². The summed E-state index contributed by atoms with van der Waals surface area (Å²) in [6, 6.07) is 13.1. The molecular formula is C23H24N4O4S. The van der Waals surface area contributed by atoms with Gasteiger partial charge in [0.25, 0.3) is 5.56 Å². The van der Waals surface area contributed by atoms with Crippen LogP contribution in [0.25, 0.3) is 21.9 Å². The molecule has 2 heterocycles. The number of methoxy groups -OCH3 is 2. The van der Waals surface area contributed by atoms with Crippen molar-refractivity contribution in [2.24, 2.45) is 0 Å². The zero-order chi connectivity index (χ0) is 22.7. The molecule has 0 saturated heterocycles. The third-order valence-corrected chi connectivity index (χ3v) is 5.72. The van der Waals surface area contributed by atoms with Gasteiger partial charge in [0.2, 0.25) is 5.91 Å². The summed E-state index contributed by atoms with van der Waals surface area (Å²) in [5.41, 5.74) is 2.61. The number of fused-ring (bicyclic) bond motifs is 3. The predicted molar refractivity (Wildman–Crippen MR) is 126 cm³/mol. The first-order valence-electron chi connectivity index (χ1n) is 10.2. The molecule has 0 radical (unpaired) electrons. The molecule has 0 aliphatic carbocycles. The van der Waals surface area contributed by atoms with E-state index in [1.54, 1.807) is 14.2 Å². The molecule has 166 valence electrons. The van der Waals surface area contributed by atoms with Crippen molar-refractivity contribution < 1.29 is 14.3 Å². The van der Waals surface area contributed by atoms with Crippen molar-refractivity contribution in [2.45, 2.75) is 25.9 Å². The first kappa shape index (κ1) is 21.6. The van der Waals surface area contributed by atoms with Crippen LogP contribution in [0.4, 0.5) is 0 Å². The van der Waals surface area contributed by atoms with Crippen LogP contribution in [-0.2, 0) is 17.9 Å². The number of hydrogen-bond acceptors (Lipinski definition) is 5. The maximum Gasteiger partial charge on any atom is 0.278 e. The molecule has 2 aromatic carbocycles. The number of ether oxygens (including phenoxy) is 2. The lowest BCUT2D eigenvalue weighted by atomic mass is 10.2. The zero-order valence-electron chi connectivity index (χ0n) is 17.9. The van der Waals surface area contributed by atoms with E-state index in [0.717, 1.165) is 22.2 Å². The molecular weight excluding hydrogens is 428 g/mol. The van der Waals surface area contributed by atoms with Crippen LogP contribution in [0, 0.1) is 4.77 Å². The van der Waals surface area contributed by atoms with Crippen LogP contribution in [0.1, 0.15) is 18.4 Å². The summed E-state index contributed by atoms with van der Waals surface area (Å²) < 4.78 is 12.4. The summed E-state index contributed by atoms with van der Waals surface area (Å²) in [7, 11) is 3.19. The van der Waals surface area contributed by atoms with Crippen LogP contribution in [0.5, 0.6) is 11.5 Å². The molecule has 0 saturated carbocycles. The minimum Gasteiger partial charge on any atom is -0.497 e. The second-order valence-corrected chi connectivity index (χ2v) is 7.75. The molecule has 4 aromatic rings. The van der Waals surface area contributed by atoms with E-state index in [1.807, 2.05) is 42.5 Å². The highest BCUT2D eigenvalue weighted by atomic mass is 32.1. The first-order chi connectivity index (χ1) is 15.5. The molecule has 4 rings (SSSR count). The summed E-state index contributed by atoms with van der Waals surface area (Å²) in [5.74, 6) is 1.33. The maximum atomic E-state index is 13.0. The lowest BCUT2D eigenvalue weighted by molar-refractivity contribution is -0.121. The molecule has 9 heteroatoms. The standard InChI is InChI=1S/C23H24N4O4S/c1-30-15-9-10-17-16(12-15)20-21(25-17)22(29)27(23(32)26-20)11-5-8-19(28)24-13-14-6-3-4-7-18(14)31-2/h3-4,6-7,9-10,12,25H,5,8,11,13H2,1-2H3,(H,24,28)(H,26,32). The Morgan fingerprint density at radius 3 is 2.69 bits per heavy atom.